The third kappa shape index (κ3) is 2.14. The van der Waals surface area contributed by atoms with Crippen molar-refractivity contribution in [3.63, 3.8) is 0 Å². The van der Waals surface area contributed by atoms with Crippen molar-refractivity contribution in [3.8, 4) is 17.1 Å². The molecule has 0 saturated carbocycles. The standard InChI is InChI=1S/C14H11N3O4/c1-21-14(20)8-6-10-13(19)15-12(16-17(10)7-8)9-4-2-3-5-11(9)18/h2-7,18H,1H3,(H,15,16,19). The molecule has 3 rings (SSSR count). The Bertz CT molecular complexity index is 895. The van der Waals surface area contributed by atoms with E-state index in [1.54, 1.807) is 18.2 Å². The van der Waals surface area contributed by atoms with Gasteiger partial charge in [-0.2, -0.15) is 0 Å². The minimum Gasteiger partial charge on any atom is -0.507 e. The van der Waals surface area contributed by atoms with Crippen molar-refractivity contribution in [1.82, 2.24) is 14.6 Å². The maximum atomic E-state index is 12.1. The molecule has 7 nitrogen and oxygen atoms in total. The minimum atomic E-state index is -0.552. The van der Waals surface area contributed by atoms with Crippen LogP contribution in [0.1, 0.15) is 10.4 Å². The molecule has 1 aromatic carbocycles. The Morgan fingerprint density at radius 1 is 1.38 bits per heavy atom. The second-order valence-electron chi connectivity index (χ2n) is 4.37. The number of hydrogen-bond acceptors (Lipinski definition) is 5. The molecule has 7 heteroatoms. The van der Waals surface area contributed by atoms with E-state index in [4.69, 9.17) is 0 Å². The van der Waals surface area contributed by atoms with Gasteiger partial charge in [0.2, 0.25) is 0 Å². The molecule has 2 N–H and O–H groups in total. The summed E-state index contributed by atoms with van der Waals surface area (Å²) < 4.78 is 5.89. The normalized spacial score (nSPS) is 10.7. The first-order valence-electron chi connectivity index (χ1n) is 6.09. The number of ether oxygens (including phenoxy) is 1. The lowest BCUT2D eigenvalue weighted by molar-refractivity contribution is 0.0601. The maximum Gasteiger partial charge on any atom is 0.339 e. The van der Waals surface area contributed by atoms with Crippen LogP contribution >= 0.6 is 0 Å². The van der Waals surface area contributed by atoms with Gasteiger partial charge >= 0.3 is 5.97 Å². The number of phenols is 1. The number of phenolic OH excluding ortho intramolecular Hbond substituents is 1. The summed E-state index contributed by atoms with van der Waals surface area (Å²) in [5.74, 6) is -0.345. The van der Waals surface area contributed by atoms with Crippen molar-refractivity contribution >= 4 is 11.5 Å². The molecule has 0 atom stereocenters. The molecule has 3 aromatic rings. The van der Waals surface area contributed by atoms with Gasteiger partial charge in [-0.25, -0.2) is 9.31 Å². The lowest BCUT2D eigenvalue weighted by Crippen LogP contribution is -2.13. The van der Waals surface area contributed by atoms with Gasteiger partial charge in [0, 0.05) is 6.20 Å². The van der Waals surface area contributed by atoms with Crippen molar-refractivity contribution in [2.24, 2.45) is 0 Å². The number of aromatic hydroxyl groups is 1. The van der Waals surface area contributed by atoms with Crippen LogP contribution in [-0.2, 0) is 4.74 Å². The highest BCUT2D eigenvalue weighted by atomic mass is 16.5. The quantitative estimate of drug-likeness (QED) is 0.689. The molecular formula is C14H11N3O4. The molecule has 0 bridgehead atoms. The number of nitrogens with zero attached hydrogens (tertiary/aromatic N) is 2. The second-order valence-corrected chi connectivity index (χ2v) is 4.37. The molecule has 0 unspecified atom stereocenters. The monoisotopic (exact) mass is 285 g/mol. The number of benzene rings is 1. The summed E-state index contributed by atoms with van der Waals surface area (Å²) >= 11 is 0. The number of H-pyrrole nitrogens is 1. The molecule has 0 amide bonds. The van der Waals surface area contributed by atoms with E-state index in [0.717, 1.165) is 0 Å². The first-order chi connectivity index (χ1) is 10.1. The molecule has 2 aromatic heterocycles. The fourth-order valence-corrected chi connectivity index (χ4v) is 2.03. The zero-order valence-electron chi connectivity index (χ0n) is 11.0. The molecule has 0 aliphatic carbocycles. The third-order valence-electron chi connectivity index (χ3n) is 3.05. The highest BCUT2D eigenvalue weighted by Crippen LogP contribution is 2.24. The number of carbonyl (C=O) groups excluding carboxylic acids is 1. The van der Waals surface area contributed by atoms with Crippen molar-refractivity contribution in [3.05, 3.63) is 52.4 Å². The van der Waals surface area contributed by atoms with Crippen molar-refractivity contribution in [1.29, 1.82) is 0 Å². The molecule has 106 valence electrons. The Morgan fingerprint density at radius 2 is 2.14 bits per heavy atom. The van der Waals surface area contributed by atoms with Crippen molar-refractivity contribution in [2.45, 2.75) is 0 Å². The molecule has 0 aliphatic heterocycles. The summed E-state index contributed by atoms with van der Waals surface area (Å²) in [6.07, 6.45) is 1.40. The van der Waals surface area contributed by atoms with Crippen LogP contribution in [0.2, 0.25) is 0 Å². The van der Waals surface area contributed by atoms with E-state index < -0.39 is 11.5 Å². The summed E-state index contributed by atoms with van der Waals surface area (Å²) in [4.78, 5) is 26.1. The van der Waals surface area contributed by atoms with E-state index in [-0.39, 0.29) is 22.7 Å². The Balaban J connectivity index is 2.22. The van der Waals surface area contributed by atoms with Crippen LogP contribution in [0.3, 0.4) is 0 Å². The van der Waals surface area contributed by atoms with Crippen molar-refractivity contribution in [2.75, 3.05) is 7.11 Å². The number of rotatable bonds is 2. The predicted octanol–water partition coefficient (Wildman–Crippen LogP) is 1.18. The van der Waals surface area contributed by atoms with Crippen LogP contribution in [0.5, 0.6) is 5.75 Å². The van der Waals surface area contributed by atoms with E-state index in [0.29, 0.717) is 5.56 Å². The molecule has 0 fully saturated rings. The average molecular weight is 285 g/mol. The van der Waals surface area contributed by atoms with E-state index in [2.05, 4.69) is 14.8 Å². The van der Waals surface area contributed by atoms with Gasteiger partial charge in [0.15, 0.2) is 5.82 Å². The number of methoxy groups -OCH3 is 1. The number of aromatic amines is 1. The summed E-state index contributed by atoms with van der Waals surface area (Å²) in [6.45, 7) is 0. The maximum absolute atomic E-state index is 12.1. The van der Waals surface area contributed by atoms with Crippen molar-refractivity contribution < 1.29 is 14.6 Å². The number of esters is 1. The summed E-state index contributed by atoms with van der Waals surface area (Å²) in [5.41, 5.74) is 0.419. The predicted molar refractivity (Wildman–Crippen MR) is 74.3 cm³/mol. The zero-order chi connectivity index (χ0) is 15.0. The summed E-state index contributed by atoms with van der Waals surface area (Å²) in [5, 5.41) is 14.0. The first kappa shape index (κ1) is 12.9. The minimum absolute atomic E-state index is 0.000322. The lowest BCUT2D eigenvalue weighted by atomic mass is 10.2. The van der Waals surface area contributed by atoms with Crippen LogP contribution in [0, 0.1) is 0 Å². The third-order valence-corrected chi connectivity index (χ3v) is 3.05. The number of nitrogens with one attached hydrogen (secondary N) is 1. The van der Waals surface area contributed by atoms with Gasteiger partial charge in [0.25, 0.3) is 5.56 Å². The van der Waals surface area contributed by atoms with E-state index in [1.807, 2.05) is 0 Å². The van der Waals surface area contributed by atoms with Gasteiger partial charge in [-0.1, -0.05) is 12.1 Å². The molecule has 0 aliphatic rings. The Morgan fingerprint density at radius 3 is 2.86 bits per heavy atom. The van der Waals surface area contributed by atoms with Gasteiger partial charge in [-0.05, 0) is 18.2 Å². The van der Waals surface area contributed by atoms with E-state index in [1.165, 1.54) is 30.0 Å². The summed E-state index contributed by atoms with van der Waals surface area (Å²) in [7, 11) is 1.26. The van der Waals surface area contributed by atoms with Gasteiger partial charge in [-0.3, -0.25) is 4.79 Å². The lowest BCUT2D eigenvalue weighted by Gasteiger charge is -2.03. The highest BCUT2D eigenvalue weighted by Gasteiger charge is 2.14. The first-order valence-corrected chi connectivity index (χ1v) is 6.09. The SMILES string of the molecule is COC(=O)c1cc2c(=O)[nH]c(-c3ccccc3O)nn2c1. The van der Waals surface area contributed by atoms with Gasteiger partial charge in [0.05, 0.1) is 18.2 Å². The van der Waals surface area contributed by atoms with Gasteiger partial charge in [-0.15, -0.1) is 5.10 Å². The fourth-order valence-electron chi connectivity index (χ4n) is 2.03. The van der Waals surface area contributed by atoms with Crippen LogP contribution < -0.4 is 5.56 Å². The van der Waals surface area contributed by atoms with Gasteiger partial charge in [0.1, 0.15) is 11.3 Å². The molecular weight excluding hydrogens is 274 g/mol. The van der Waals surface area contributed by atoms with Crippen LogP contribution in [0.15, 0.2) is 41.3 Å². The van der Waals surface area contributed by atoms with Gasteiger partial charge < -0.3 is 14.8 Å². The highest BCUT2D eigenvalue weighted by molar-refractivity contribution is 5.90. The Hall–Kier alpha value is -3.09. The number of fused-ring (bicyclic) bond motifs is 1. The molecule has 21 heavy (non-hydrogen) atoms. The Kier molecular flexibility index (Phi) is 2.94. The second kappa shape index (κ2) is 4.78. The van der Waals surface area contributed by atoms with E-state index >= 15 is 0 Å². The van der Waals surface area contributed by atoms with Crippen LogP contribution in [-0.4, -0.2) is 32.8 Å². The fraction of sp³-hybridized carbons (Fsp3) is 0.0714. The number of para-hydroxylation sites is 1. The average Bonchev–Trinajstić information content (AvgIpc) is 2.91. The number of aromatic nitrogens is 3. The molecule has 0 radical (unpaired) electrons. The molecule has 0 saturated heterocycles. The topological polar surface area (TPSA) is 96.7 Å². The largest absolute Gasteiger partial charge is 0.507 e. The van der Waals surface area contributed by atoms with Crippen LogP contribution in [0.25, 0.3) is 16.9 Å². The Labute approximate surface area is 118 Å². The van der Waals surface area contributed by atoms with E-state index in [9.17, 15) is 14.7 Å². The van der Waals surface area contributed by atoms with Crippen LogP contribution in [0.4, 0.5) is 0 Å². The number of carbonyl (C=O) groups is 1. The molecule has 2 heterocycles. The zero-order valence-corrected chi connectivity index (χ0v) is 11.0. The molecule has 0 spiro atoms. The smallest absolute Gasteiger partial charge is 0.339 e. The number of hydrogen-bond donors (Lipinski definition) is 2. The summed E-state index contributed by atoms with van der Waals surface area (Å²) in [6, 6.07) is 7.90.